The first-order valence-corrected chi connectivity index (χ1v) is 6.23. The first-order valence-electron chi connectivity index (χ1n) is 4.34. The van der Waals surface area contributed by atoms with Gasteiger partial charge in [-0.3, -0.25) is 4.79 Å². The molecule has 0 aliphatic rings. The van der Waals surface area contributed by atoms with Crippen molar-refractivity contribution in [3.05, 3.63) is 23.3 Å². The third-order valence-corrected chi connectivity index (χ3v) is 3.12. The molecule has 0 aliphatic heterocycles. The van der Waals surface area contributed by atoms with E-state index in [0.29, 0.717) is 12.3 Å². The molecule has 0 heterocycles. The number of ketones is 1. The van der Waals surface area contributed by atoms with Gasteiger partial charge in [0.15, 0.2) is 27.2 Å². The zero-order valence-corrected chi connectivity index (χ0v) is 9.51. The number of benzene rings is 1. The number of sulfone groups is 1. The molecule has 0 saturated heterocycles. The number of hydrogen-bond donors (Lipinski definition) is 2. The van der Waals surface area contributed by atoms with Gasteiger partial charge >= 0.3 is 0 Å². The van der Waals surface area contributed by atoms with Crippen LogP contribution in [-0.4, -0.2) is 32.1 Å². The van der Waals surface area contributed by atoms with Gasteiger partial charge in [0.05, 0.1) is 12.1 Å². The first kappa shape index (κ1) is 13.5. The molecule has 5 nitrogen and oxygen atoms in total. The molecule has 0 amide bonds. The maximum absolute atomic E-state index is 13.5. The van der Waals surface area contributed by atoms with Crippen molar-refractivity contribution in [1.82, 2.24) is 0 Å². The van der Waals surface area contributed by atoms with E-state index in [2.05, 4.69) is 0 Å². The molecule has 0 radical (unpaired) electrons. The zero-order chi connectivity index (χ0) is 13.4. The summed E-state index contributed by atoms with van der Waals surface area (Å²) in [4.78, 5) is 9.86. The van der Waals surface area contributed by atoms with Crippen molar-refractivity contribution in [3.63, 3.8) is 0 Å². The molecule has 1 rings (SSSR count). The van der Waals surface area contributed by atoms with Crippen LogP contribution in [0.2, 0.25) is 0 Å². The van der Waals surface area contributed by atoms with Crippen molar-refractivity contribution in [1.29, 1.82) is 0 Å². The molecular weight excluding hydrogens is 256 g/mol. The summed E-state index contributed by atoms with van der Waals surface area (Å²) in [5, 5.41) is 9.29. The number of hydrogen-bond acceptors (Lipinski definition) is 5. The van der Waals surface area contributed by atoms with Crippen LogP contribution >= 0.6 is 0 Å². The summed E-state index contributed by atoms with van der Waals surface area (Å²) >= 11 is 0. The minimum atomic E-state index is -4.19. The highest BCUT2D eigenvalue weighted by atomic mass is 32.2. The van der Waals surface area contributed by atoms with Crippen LogP contribution in [0.1, 0.15) is 10.4 Å². The number of phenols is 1. The van der Waals surface area contributed by atoms with E-state index >= 15 is 0 Å². The Bertz CT molecular complexity index is 583. The average Bonchev–Trinajstić information content (AvgIpc) is 2.20. The van der Waals surface area contributed by atoms with Crippen LogP contribution in [0.3, 0.4) is 0 Å². The van der Waals surface area contributed by atoms with Crippen molar-refractivity contribution in [2.24, 2.45) is 5.73 Å². The standard InChI is InChI=1S/C9H9F2NO4S/c1-17(15,16)9-5(10)2-4(6(13)3-12)8(14)7(9)11/h2,14H,3,12H2,1H3. The van der Waals surface area contributed by atoms with Gasteiger partial charge in [-0.05, 0) is 6.07 Å². The van der Waals surface area contributed by atoms with Gasteiger partial charge in [0.25, 0.3) is 0 Å². The topological polar surface area (TPSA) is 97.5 Å². The van der Waals surface area contributed by atoms with E-state index in [4.69, 9.17) is 5.73 Å². The Morgan fingerprint density at radius 1 is 1.47 bits per heavy atom. The lowest BCUT2D eigenvalue weighted by atomic mass is 10.1. The van der Waals surface area contributed by atoms with Crippen molar-refractivity contribution in [2.75, 3.05) is 12.8 Å². The van der Waals surface area contributed by atoms with Gasteiger partial charge in [0, 0.05) is 6.26 Å². The molecule has 0 saturated carbocycles. The number of phenolic OH excluding ortho intramolecular Hbond substituents is 1. The number of carbonyl (C=O) groups is 1. The number of aromatic hydroxyl groups is 1. The predicted octanol–water partition coefficient (Wildman–Crippen LogP) is 0.215. The third kappa shape index (κ3) is 2.42. The second-order valence-electron chi connectivity index (χ2n) is 3.30. The van der Waals surface area contributed by atoms with Crippen LogP contribution in [0.15, 0.2) is 11.0 Å². The molecule has 0 unspecified atom stereocenters. The number of Topliss-reactive ketones (excluding diaryl/α,β-unsaturated/α-hetero) is 1. The fraction of sp³-hybridized carbons (Fsp3) is 0.222. The van der Waals surface area contributed by atoms with E-state index < -0.39 is 50.0 Å². The fourth-order valence-corrected chi connectivity index (χ4v) is 2.09. The van der Waals surface area contributed by atoms with E-state index in [0.717, 1.165) is 0 Å². The highest BCUT2D eigenvalue weighted by molar-refractivity contribution is 7.90. The Labute approximate surface area is 95.8 Å². The Balaban J connectivity index is 3.65. The summed E-state index contributed by atoms with van der Waals surface area (Å²) in [6.45, 7) is -0.565. The minimum Gasteiger partial charge on any atom is -0.504 e. The summed E-state index contributed by atoms with van der Waals surface area (Å²) in [6, 6.07) is 0.448. The predicted molar refractivity (Wildman–Crippen MR) is 54.5 cm³/mol. The second-order valence-corrected chi connectivity index (χ2v) is 5.25. The second kappa shape index (κ2) is 4.38. The van der Waals surface area contributed by atoms with E-state index in [9.17, 15) is 27.1 Å². The van der Waals surface area contributed by atoms with Gasteiger partial charge in [-0.1, -0.05) is 0 Å². The molecule has 0 bridgehead atoms. The highest BCUT2D eigenvalue weighted by Crippen LogP contribution is 2.30. The zero-order valence-electron chi connectivity index (χ0n) is 8.70. The molecule has 0 atom stereocenters. The van der Waals surface area contributed by atoms with Gasteiger partial charge in [0.2, 0.25) is 0 Å². The summed E-state index contributed by atoms with van der Waals surface area (Å²) in [5.74, 6) is -5.26. The number of nitrogens with two attached hydrogens (primary N) is 1. The SMILES string of the molecule is CS(=O)(=O)c1c(F)cc(C(=O)CN)c(O)c1F. The molecule has 17 heavy (non-hydrogen) atoms. The van der Waals surface area contributed by atoms with Gasteiger partial charge < -0.3 is 10.8 Å². The van der Waals surface area contributed by atoms with E-state index in [1.807, 2.05) is 0 Å². The lowest BCUT2D eigenvalue weighted by molar-refractivity contribution is 0.0997. The van der Waals surface area contributed by atoms with Gasteiger partial charge in [-0.25, -0.2) is 17.2 Å². The normalized spacial score (nSPS) is 11.5. The Morgan fingerprint density at radius 2 is 2.00 bits per heavy atom. The molecule has 1 aromatic carbocycles. The molecule has 1 aromatic rings. The summed E-state index contributed by atoms with van der Waals surface area (Å²) < 4.78 is 49.0. The maximum atomic E-state index is 13.5. The van der Waals surface area contributed by atoms with Gasteiger partial charge in [-0.15, -0.1) is 0 Å². The Hall–Kier alpha value is -1.54. The number of carbonyl (C=O) groups excluding carboxylic acids is 1. The quantitative estimate of drug-likeness (QED) is 0.762. The van der Waals surface area contributed by atoms with E-state index in [1.165, 1.54) is 0 Å². The Morgan fingerprint density at radius 3 is 2.41 bits per heavy atom. The summed E-state index contributed by atoms with van der Waals surface area (Å²) in [7, 11) is -4.19. The van der Waals surface area contributed by atoms with Gasteiger partial charge in [0.1, 0.15) is 10.7 Å². The smallest absolute Gasteiger partial charge is 0.187 e. The molecule has 0 spiro atoms. The number of halogens is 2. The van der Waals surface area contributed by atoms with Crippen molar-refractivity contribution in [2.45, 2.75) is 4.90 Å². The monoisotopic (exact) mass is 265 g/mol. The van der Waals surface area contributed by atoms with Crippen LogP contribution < -0.4 is 5.73 Å². The van der Waals surface area contributed by atoms with E-state index in [1.54, 1.807) is 0 Å². The van der Waals surface area contributed by atoms with Crippen LogP contribution in [-0.2, 0) is 9.84 Å². The van der Waals surface area contributed by atoms with Crippen molar-refractivity contribution < 1.29 is 27.1 Å². The lowest BCUT2D eigenvalue weighted by Crippen LogP contribution is -2.16. The summed E-state index contributed by atoms with van der Waals surface area (Å²) in [6.07, 6.45) is 0.582. The largest absolute Gasteiger partial charge is 0.504 e. The van der Waals surface area contributed by atoms with Crippen LogP contribution in [0, 0.1) is 11.6 Å². The average molecular weight is 265 g/mol. The van der Waals surface area contributed by atoms with Crippen LogP contribution in [0.5, 0.6) is 5.75 Å². The molecule has 3 N–H and O–H groups in total. The van der Waals surface area contributed by atoms with Crippen LogP contribution in [0.25, 0.3) is 0 Å². The van der Waals surface area contributed by atoms with E-state index in [-0.39, 0.29) is 0 Å². The first-order chi connectivity index (χ1) is 7.70. The minimum absolute atomic E-state index is 0.448. The van der Waals surface area contributed by atoms with Crippen molar-refractivity contribution in [3.8, 4) is 5.75 Å². The molecule has 94 valence electrons. The molecule has 0 fully saturated rings. The molecular formula is C9H9F2NO4S. The fourth-order valence-electron chi connectivity index (χ4n) is 1.25. The van der Waals surface area contributed by atoms with Crippen molar-refractivity contribution >= 4 is 15.6 Å². The van der Waals surface area contributed by atoms with Crippen LogP contribution in [0.4, 0.5) is 8.78 Å². The lowest BCUT2D eigenvalue weighted by Gasteiger charge is -2.08. The molecule has 8 heteroatoms. The Kier molecular flexibility index (Phi) is 3.48. The molecule has 0 aromatic heterocycles. The summed E-state index contributed by atoms with van der Waals surface area (Å²) in [5.41, 5.74) is 4.29. The number of rotatable bonds is 3. The maximum Gasteiger partial charge on any atom is 0.187 e. The highest BCUT2D eigenvalue weighted by Gasteiger charge is 2.27. The molecule has 0 aliphatic carbocycles. The van der Waals surface area contributed by atoms with Gasteiger partial charge in [-0.2, -0.15) is 0 Å². The third-order valence-electron chi connectivity index (χ3n) is 2.01.